The molecular weight excluding hydrogens is 284 g/mol. The standard InChI is InChI=1S/C16H22N2O2S/c1-11(14(19)18-15-17-9-10-21-15)20-13-7-5-12(6-8-13)16(2,3)4/h5-8,11H,9-10H2,1-4H3,(H,17,18,19). The molecule has 2 rings (SSSR count). The molecule has 1 heterocycles. The lowest BCUT2D eigenvalue weighted by atomic mass is 9.87. The molecule has 114 valence electrons. The van der Waals surface area contributed by atoms with Crippen LogP contribution in [-0.2, 0) is 10.2 Å². The van der Waals surface area contributed by atoms with Crippen LogP contribution in [0.4, 0.5) is 0 Å². The number of thioether (sulfide) groups is 1. The number of nitrogens with one attached hydrogen (secondary N) is 1. The van der Waals surface area contributed by atoms with Crippen molar-refractivity contribution in [3.8, 4) is 5.75 Å². The second-order valence-corrected chi connectivity index (χ2v) is 7.14. The second kappa shape index (κ2) is 6.52. The molecule has 1 atom stereocenters. The van der Waals surface area contributed by atoms with Gasteiger partial charge >= 0.3 is 0 Å². The zero-order valence-electron chi connectivity index (χ0n) is 13.0. The van der Waals surface area contributed by atoms with Crippen molar-refractivity contribution in [2.45, 2.75) is 39.2 Å². The third kappa shape index (κ3) is 4.49. The highest BCUT2D eigenvalue weighted by atomic mass is 32.2. The van der Waals surface area contributed by atoms with E-state index in [1.165, 1.54) is 5.56 Å². The highest BCUT2D eigenvalue weighted by Crippen LogP contribution is 2.24. The fraction of sp³-hybridized carbons (Fsp3) is 0.500. The van der Waals surface area contributed by atoms with Crippen molar-refractivity contribution in [3.05, 3.63) is 29.8 Å². The molecule has 0 aromatic heterocycles. The fourth-order valence-corrected chi connectivity index (χ4v) is 2.64. The molecule has 1 unspecified atom stereocenters. The number of rotatable bonds is 3. The Kier molecular flexibility index (Phi) is 4.93. The zero-order chi connectivity index (χ0) is 15.5. The van der Waals surface area contributed by atoms with Gasteiger partial charge in [-0.05, 0) is 30.0 Å². The first-order chi connectivity index (χ1) is 9.86. The van der Waals surface area contributed by atoms with Crippen molar-refractivity contribution in [2.75, 3.05) is 12.3 Å². The van der Waals surface area contributed by atoms with Crippen molar-refractivity contribution in [1.82, 2.24) is 5.32 Å². The van der Waals surface area contributed by atoms with Crippen LogP contribution < -0.4 is 10.1 Å². The van der Waals surface area contributed by atoms with Gasteiger partial charge in [0.15, 0.2) is 11.3 Å². The number of aliphatic imine (C=N–C) groups is 1. The molecule has 0 saturated carbocycles. The van der Waals surface area contributed by atoms with Gasteiger partial charge in [-0.15, -0.1) is 0 Å². The lowest BCUT2D eigenvalue weighted by Gasteiger charge is -2.20. The first kappa shape index (κ1) is 15.9. The van der Waals surface area contributed by atoms with Gasteiger partial charge in [0.2, 0.25) is 0 Å². The summed E-state index contributed by atoms with van der Waals surface area (Å²) < 4.78 is 5.68. The van der Waals surface area contributed by atoms with Crippen molar-refractivity contribution in [1.29, 1.82) is 0 Å². The molecule has 0 fully saturated rings. The molecule has 4 nitrogen and oxygen atoms in total. The third-order valence-electron chi connectivity index (χ3n) is 3.22. The first-order valence-electron chi connectivity index (χ1n) is 7.11. The highest BCUT2D eigenvalue weighted by Gasteiger charge is 2.19. The number of amidine groups is 1. The van der Waals surface area contributed by atoms with Crippen molar-refractivity contribution < 1.29 is 9.53 Å². The lowest BCUT2D eigenvalue weighted by molar-refractivity contribution is -0.125. The Labute approximate surface area is 130 Å². The molecule has 0 radical (unpaired) electrons. The number of amides is 1. The Bertz CT molecular complexity index is 532. The van der Waals surface area contributed by atoms with E-state index in [1.54, 1.807) is 18.7 Å². The van der Waals surface area contributed by atoms with E-state index in [0.29, 0.717) is 10.9 Å². The maximum Gasteiger partial charge on any atom is 0.266 e. The third-order valence-corrected chi connectivity index (χ3v) is 4.11. The predicted octanol–water partition coefficient (Wildman–Crippen LogP) is 2.97. The predicted molar refractivity (Wildman–Crippen MR) is 88.1 cm³/mol. The Morgan fingerprint density at radius 1 is 1.33 bits per heavy atom. The van der Waals surface area contributed by atoms with Crippen LogP contribution in [0.5, 0.6) is 5.75 Å². The Morgan fingerprint density at radius 2 is 2.00 bits per heavy atom. The summed E-state index contributed by atoms with van der Waals surface area (Å²) in [6.07, 6.45) is -0.547. The smallest absolute Gasteiger partial charge is 0.266 e. The molecule has 1 aliphatic rings. The molecule has 1 amide bonds. The number of carbonyl (C=O) groups is 1. The van der Waals surface area contributed by atoms with E-state index in [4.69, 9.17) is 4.74 Å². The van der Waals surface area contributed by atoms with Crippen molar-refractivity contribution in [2.24, 2.45) is 4.99 Å². The number of benzene rings is 1. The second-order valence-electron chi connectivity index (χ2n) is 6.06. The van der Waals surface area contributed by atoms with E-state index in [1.807, 2.05) is 24.3 Å². The van der Waals surface area contributed by atoms with Crippen LogP contribution >= 0.6 is 11.8 Å². The average Bonchev–Trinajstić information content (AvgIpc) is 2.91. The molecule has 0 saturated heterocycles. The molecule has 1 aromatic carbocycles. The monoisotopic (exact) mass is 306 g/mol. The Hall–Kier alpha value is -1.49. The summed E-state index contributed by atoms with van der Waals surface area (Å²) in [5.41, 5.74) is 1.35. The number of nitrogens with zero attached hydrogens (tertiary/aromatic N) is 1. The van der Waals surface area contributed by atoms with E-state index in [9.17, 15) is 4.79 Å². The van der Waals surface area contributed by atoms with E-state index in [-0.39, 0.29) is 11.3 Å². The summed E-state index contributed by atoms with van der Waals surface area (Å²) in [6, 6.07) is 7.89. The van der Waals surface area contributed by atoms with E-state index < -0.39 is 6.10 Å². The van der Waals surface area contributed by atoms with Gasteiger partial charge in [-0.1, -0.05) is 44.7 Å². The van der Waals surface area contributed by atoms with Gasteiger partial charge in [-0.3, -0.25) is 9.79 Å². The van der Waals surface area contributed by atoms with Gasteiger partial charge in [-0.2, -0.15) is 0 Å². The number of hydrogen-bond acceptors (Lipinski definition) is 4. The summed E-state index contributed by atoms with van der Waals surface area (Å²) in [6.45, 7) is 9.01. The topological polar surface area (TPSA) is 50.7 Å². The molecule has 1 N–H and O–H groups in total. The SMILES string of the molecule is CC(Oc1ccc(C(C)(C)C)cc1)C(=O)NC1=NCCS1. The summed E-state index contributed by atoms with van der Waals surface area (Å²) >= 11 is 1.56. The molecule has 0 aliphatic carbocycles. The Balaban J connectivity index is 1.92. The number of hydrogen-bond donors (Lipinski definition) is 1. The number of ether oxygens (including phenoxy) is 1. The fourth-order valence-electron chi connectivity index (χ4n) is 1.91. The van der Waals surface area contributed by atoms with Crippen molar-refractivity contribution in [3.63, 3.8) is 0 Å². The molecule has 0 spiro atoms. The van der Waals surface area contributed by atoms with Crippen LogP contribution in [0.2, 0.25) is 0 Å². The normalized spacial score (nSPS) is 16.3. The summed E-state index contributed by atoms with van der Waals surface area (Å²) in [7, 11) is 0. The quantitative estimate of drug-likeness (QED) is 0.934. The molecular formula is C16H22N2O2S. The molecule has 5 heteroatoms. The molecule has 0 bridgehead atoms. The summed E-state index contributed by atoms with van der Waals surface area (Å²) in [4.78, 5) is 16.2. The van der Waals surface area contributed by atoms with Crippen LogP contribution in [-0.4, -0.2) is 29.5 Å². The molecule has 1 aromatic rings. The van der Waals surface area contributed by atoms with Crippen molar-refractivity contribution >= 4 is 22.8 Å². The summed E-state index contributed by atoms with van der Waals surface area (Å²) in [5.74, 6) is 1.47. The minimum Gasteiger partial charge on any atom is -0.481 e. The van der Waals surface area contributed by atoms with Crippen LogP contribution in [0.25, 0.3) is 0 Å². The highest BCUT2D eigenvalue weighted by molar-refractivity contribution is 8.14. The lowest BCUT2D eigenvalue weighted by Crippen LogP contribution is -2.38. The molecule has 21 heavy (non-hydrogen) atoms. The van der Waals surface area contributed by atoms with Gasteiger partial charge in [0.1, 0.15) is 5.75 Å². The summed E-state index contributed by atoms with van der Waals surface area (Å²) in [5, 5.41) is 3.48. The zero-order valence-corrected chi connectivity index (χ0v) is 13.8. The van der Waals surface area contributed by atoms with Crippen LogP contribution in [0.15, 0.2) is 29.3 Å². The van der Waals surface area contributed by atoms with Crippen LogP contribution in [0, 0.1) is 0 Å². The van der Waals surface area contributed by atoms with Gasteiger partial charge in [-0.25, -0.2) is 0 Å². The minimum absolute atomic E-state index is 0.110. The van der Waals surface area contributed by atoms with Gasteiger partial charge in [0, 0.05) is 5.75 Å². The average molecular weight is 306 g/mol. The Morgan fingerprint density at radius 3 is 2.52 bits per heavy atom. The van der Waals surface area contributed by atoms with E-state index in [0.717, 1.165) is 12.3 Å². The van der Waals surface area contributed by atoms with Gasteiger partial charge in [0.25, 0.3) is 5.91 Å². The van der Waals surface area contributed by atoms with Crippen LogP contribution in [0.1, 0.15) is 33.3 Å². The maximum absolute atomic E-state index is 12.0. The minimum atomic E-state index is -0.547. The van der Waals surface area contributed by atoms with Gasteiger partial charge in [0.05, 0.1) is 6.54 Å². The number of carbonyl (C=O) groups excluding carboxylic acids is 1. The van der Waals surface area contributed by atoms with Gasteiger partial charge < -0.3 is 10.1 Å². The van der Waals surface area contributed by atoms with E-state index >= 15 is 0 Å². The largest absolute Gasteiger partial charge is 0.481 e. The van der Waals surface area contributed by atoms with E-state index in [2.05, 4.69) is 31.1 Å². The van der Waals surface area contributed by atoms with Crippen LogP contribution in [0.3, 0.4) is 0 Å². The first-order valence-corrected chi connectivity index (χ1v) is 8.10. The molecule has 1 aliphatic heterocycles. The maximum atomic E-state index is 12.0.